The lowest BCUT2D eigenvalue weighted by Crippen LogP contribution is -2.06. The van der Waals surface area contributed by atoms with E-state index in [1.807, 2.05) is 31.2 Å². The molecule has 2 heteroatoms. The number of hydrogen-bond acceptors (Lipinski definition) is 2. The molecule has 1 aromatic carbocycles. The fourth-order valence-corrected chi connectivity index (χ4v) is 2.21. The molecule has 0 amide bonds. The molecular weight excluding hydrogens is 224 g/mol. The number of rotatable bonds is 5. The summed E-state index contributed by atoms with van der Waals surface area (Å²) in [5.74, 6) is 1.46. The van der Waals surface area contributed by atoms with Crippen molar-refractivity contribution in [3.8, 4) is 0 Å². The van der Waals surface area contributed by atoms with Crippen molar-refractivity contribution in [2.24, 2.45) is 5.92 Å². The van der Waals surface area contributed by atoms with Crippen molar-refractivity contribution in [3.63, 3.8) is 0 Å². The fourth-order valence-electron chi connectivity index (χ4n) is 2.21. The predicted octanol–water partition coefficient (Wildman–Crippen LogP) is 4.61. The highest BCUT2D eigenvalue weighted by Gasteiger charge is 2.20. The number of hydrogen-bond donors (Lipinski definition) is 0. The highest BCUT2D eigenvalue weighted by atomic mass is 16.3. The maximum atomic E-state index is 12.4. The quantitative estimate of drug-likeness (QED) is 0.719. The number of carbonyl (C=O) groups is 1. The standard InChI is InChI=1S/C16H20O2/c1-4-11(3)10-13(17)16-12-8-6-7-9-15(12)18-14(16)5-2/h6-9,11H,4-5,10H2,1-3H3. The average molecular weight is 244 g/mol. The van der Waals surface area contributed by atoms with Crippen molar-refractivity contribution in [1.82, 2.24) is 0 Å². The Bertz CT molecular complexity index is 551. The first-order valence-corrected chi connectivity index (χ1v) is 6.70. The molecule has 1 atom stereocenters. The summed E-state index contributed by atoms with van der Waals surface area (Å²) in [4.78, 5) is 12.4. The van der Waals surface area contributed by atoms with E-state index in [-0.39, 0.29) is 5.78 Å². The molecular formula is C16H20O2. The van der Waals surface area contributed by atoms with Crippen LogP contribution in [-0.4, -0.2) is 5.78 Å². The summed E-state index contributed by atoms with van der Waals surface area (Å²) in [5.41, 5.74) is 1.62. The lowest BCUT2D eigenvalue weighted by Gasteiger charge is -2.07. The highest BCUT2D eigenvalue weighted by molar-refractivity contribution is 6.08. The molecule has 0 saturated carbocycles. The Morgan fingerprint density at radius 3 is 2.67 bits per heavy atom. The van der Waals surface area contributed by atoms with Crippen LogP contribution >= 0.6 is 0 Å². The Balaban J connectivity index is 2.44. The molecule has 0 N–H and O–H groups in total. The van der Waals surface area contributed by atoms with E-state index in [9.17, 15) is 4.79 Å². The zero-order valence-corrected chi connectivity index (χ0v) is 11.3. The molecule has 18 heavy (non-hydrogen) atoms. The summed E-state index contributed by atoms with van der Waals surface area (Å²) >= 11 is 0. The van der Waals surface area contributed by atoms with Crippen LogP contribution in [0.3, 0.4) is 0 Å². The highest BCUT2D eigenvalue weighted by Crippen LogP contribution is 2.28. The second kappa shape index (κ2) is 5.38. The van der Waals surface area contributed by atoms with Gasteiger partial charge in [-0.15, -0.1) is 0 Å². The van der Waals surface area contributed by atoms with E-state index in [1.54, 1.807) is 0 Å². The number of furan rings is 1. The summed E-state index contributed by atoms with van der Waals surface area (Å²) in [6.45, 7) is 6.26. The Kier molecular flexibility index (Phi) is 3.85. The van der Waals surface area contributed by atoms with Gasteiger partial charge in [0.15, 0.2) is 5.78 Å². The van der Waals surface area contributed by atoms with Gasteiger partial charge >= 0.3 is 0 Å². The van der Waals surface area contributed by atoms with Crippen LogP contribution in [0.1, 0.15) is 49.7 Å². The zero-order chi connectivity index (χ0) is 13.1. The summed E-state index contributed by atoms with van der Waals surface area (Å²) in [5, 5.41) is 0.961. The molecule has 1 aromatic heterocycles. The third-order valence-corrected chi connectivity index (χ3v) is 3.50. The fraction of sp³-hybridized carbons (Fsp3) is 0.438. The Labute approximate surface area is 108 Å². The molecule has 96 valence electrons. The van der Waals surface area contributed by atoms with E-state index in [1.165, 1.54) is 0 Å². The van der Waals surface area contributed by atoms with Gasteiger partial charge in [0.1, 0.15) is 11.3 Å². The van der Waals surface area contributed by atoms with E-state index >= 15 is 0 Å². The number of fused-ring (bicyclic) bond motifs is 1. The Hall–Kier alpha value is -1.57. The first kappa shape index (κ1) is 12.9. The van der Waals surface area contributed by atoms with Gasteiger partial charge in [0.25, 0.3) is 0 Å². The van der Waals surface area contributed by atoms with E-state index in [0.29, 0.717) is 12.3 Å². The molecule has 0 aliphatic carbocycles. The molecule has 0 aliphatic heterocycles. The topological polar surface area (TPSA) is 30.2 Å². The second-order valence-electron chi connectivity index (χ2n) is 4.89. The smallest absolute Gasteiger partial charge is 0.167 e. The average Bonchev–Trinajstić information content (AvgIpc) is 2.76. The molecule has 0 radical (unpaired) electrons. The van der Waals surface area contributed by atoms with Crippen LogP contribution < -0.4 is 0 Å². The molecule has 0 bridgehead atoms. The van der Waals surface area contributed by atoms with Crippen LogP contribution in [0, 0.1) is 5.92 Å². The van der Waals surface area contributed by atoms with Gasteiger partial charge in [-0.05, 0) is 12.0 Å². The molecule has 2 aromatic rings. The van der Waals surface area contributed by atoms with Crippen LogP contribution in [0.2, 0.25) is 0 Å². The van der Waals surface area contributed by atoms with Crippen LogP contribution in [0.15, 0.2) is 28.7 Å². The molecule has 0 saturated heterocycles. The minimum absolute atomic E-state index is 0.214. The minimum atomic E-state index is 0.214. The van der Waals surface area contributed by atoms with Gasteiger partial charge in [-0.3, -0.25) is 4.79 Å². The van der Waals surface area contributed by atoms with Gasteiger partial charge in [-0.1, -0.05) is 45.4 Å². The molecule has 2 nitrogen and oxygen atoms in total. The van der Waals surface area contributed by atoms with Gasteiger partial charge in [0.05, 0.1) is 5.56 Å². The minimum Gasteiger partial charge on any atom is -0.460 e. The lowest BCUT2D eigenvalue weighted by molar-refractivity contribution is 0.0963. The van der Waals surface area contributed by atoms with Gasteiger partial charge in [0.2, 0.25) is 0 Å². The summed E-state index contributed by atoms with van der Waals surface area (Å²) in [6, 6.07) is 7.79. The first-order chi connectivity index (χ1) is 8.67. The van der Waals surface area contributed by atoms with E-state index in [0.717, 1.165) is 35.1 Å². The predicted molar refractivity (Wildman–Crippen MR) is 74.0 cm³/mol. The SMILES string of the molecule is CCc1oc2ccccc2c1C(=O)CC(C)CC. The monoisotopic (exact) mass is 244 g/mol. The van der Waals surface area contributed by atoms with Crippen LogP contribution in [0.25, 0.3) is 11.0 Å². The number of para-hydroxylation sites is 1. The summed E-state index contributed by atoms with van der Waals surface area (Å²) in [6.07, 6.45) is 2.40. The van der Waals surface area contributed by atoms with Crippen molar-refractivity contribution in [1.29, 1.82) is 0 Å². The molecule has 1 heterocycles. The maximum absolute atomic E-state index is 12.4. The molecule has 0 fully saturated rings. The van der Waals surface area contributed by atoms with Crippen LogP contribution in [0.4, 0.5) is 0 Å². The van der Waals surface area contributed by atoms with Crippen molar-refractivity contribution in [3.05, 3.63) is 35.6 Å². The number of aryl methyl sites for hydroxylation is 1. The van der Waals surface area contributed by atoms with E-state index < -0.39 is 0 Å². The van der Waals surface area contributed by atoms with Crippen molar-refractivity contribution >= 4 is 16.8 Å². The number of Topliss-reactive ketones (excluding diaryl/α,β-unsaturated/α-hetero) is 1. The van der Waals surface area contributed by atoms with Crippen LogP contribution in [-0.2, 0) is 6.42 Å². The largest absolute Gasteiger partial charge is 0.460 e. The number of ketones is 1. The Morgan fingerprint density at radius 2 is 2.00 bits per heavy atom. The molecule has 0 spiro atoms. The normalized spacial score (nSPS) is 12.8. The summed E-state index contributed by atoms with van der Waals surface area (Å²) < 4.78 is 5.76. The van der Waals surface area contributed by atoms with E-state index in [2.05, 4.69) is 13.8 Å². The van der Waals surface area contributed by atoms with Crippen molar-refractivity contribution in [2.75, 3.05) is 0 Å². The van der Waals surface area contributed by atoms with Crippen LogP contribution in [0.5, 0.6) is 0 Å². The van der Waals surface area contributed by atoms with Crippen molar-refractivity contribution in [2.45, 2.75) is 40.0 Å². The maximum Gasteiger partial charge on any atom is 0.167 e. The second-order valence-corrected chi connectivity index (χ2v) is 4.89. The van der Waals surface area contributed by atoms with Crippen molar-refractivity contribution < 1.29 is 9.21 Å². The van der Waals surface area contributed by atoms with Gasteiger partial charge in [-0.2, -0.15) is 0 Å². The van der Waals surface area contributed by atoms with E-state index in [4.69, 9.17) is 4.42 Å². The van der Waals surface area contributed by atoms with Gasteiger partial charge < -0.3 is 4.42 Å². The lowest BCUT2D eigenvalue weighted by atomic mass is 9.95. The Morgan fingerprint density at radius 1 is 1.28 bits per heavy atom. The summed E-state index contributed by atoms with van der Waals surface area (Å²) in [7, 11) is 0. The third-order valence-electron chi connectivity index (χ3n) is 3.50. The molecule has 1 unspecified atom stereocenters. The number of carbonyl (C=O) groups excluding carboxylic acids is 1. The molecule has 0 aliphatic rings. The third kappa shape index (κ3) is 2.33. The molecule has 2 rings (SSSR count). The van der Waals surface area contributed by atoms with Gasteiger partial charge in [0, 0.05) is 18.2 Å². The zero-order valence-electron chi connectivity index (χ0n) is 11.3. The first-order valence-electron chi connectivity index (χ1n) is 6.70. The van der Waals surface area contributed by atoms with Gasteiger partial charge in [-0.25, -0.2) is 0 Å². The number of benzene rings is 1.